The SMILES string of the molecule is COc1ccc(C(=O)[C@H](C)Sc2nc3ccccc3c(=O)n2CC(C)C)cc1. The van der Waals surface area contributed by atoms with E-state index in [1.807, 2.05) is 25.1 Å². The highest BCUT2D eigenvalue weighted by molar-refractivity contribution is 8.00. The van der Waals surface area contributed by atoms with E-state index in [4.69, 9.17) is 4.74 Å². The van der Waals surface area contributed by atoms with Crippen molar-refractivity contribution in [3.8, 4) is 5.75 Å². The van der Waals surface area contributed by atoms with Gasteiger partial charge < -0.3 is 4.74 Å². The minimum absolute atomic E-state index is 0.00819. The van der Waals surface area contributed by atoms with E-state index >= 15 is 0 Å². The van der Waals surface area contributed by atoms with Crippen LogP contribution in [0.1, 0.15) is 31.1 Å². The predicted molar refractivity (Wildman–Crippen MR) is 113 cm³/mol. The molecule has 1 aromatic heterocycles. The van der Waals surface area contributed by atoms with E-state index < -0.39 is 0 Å². The number of para-hydroxylation sites is 1. The van der Waals surface area contributed by atoms with Gasteiger partial charge in [-0.15, -0.1) is 0 Å². The third kappa shape index (κ3) is 4.28. The summed E-state index contributed by atoms with van der Waals surface area (Å²) >= 11 is 1.33. The van der Waals surface area contributed by atoms with Gasteiger partial charge in [0, 0.05) is 12.1 Å². The molecule has 0 unspecified atom stereocenters. The van der Waals surface area contributed by atoms with Gasteiger partial charge in [0.1, 0.15) is 5.75 Å². The molecule has 146 valence electrons. The van der Waals surface area contributed by atoms with Crippen molar-refractivity contribution in [1.29, 1.82) is 0 Å². The van der Waals surface area contributed by atoms with Gasteiger partial charge in [-0.1, -0.05) is 37.7 Å². The molecule has 1 atom stereocenters. The molecule has 0 fully saturated rings. The van der Waals surface area contributed by atoms with Crippen molar-refractivity contribution in [1.82, 2.24) is 9.55 Å². The molecule has 0 aliphatic heterocycles. The Morgan fingerprint density at radius 2 is 1.79 bits per heavy atom. The number of methoxy groups -OCH3 is 1. The summed E-state index contributed by atoms with van der Waals surface area (Å²) in [4.78, 5) is 30.5. The van der Waals surface area contributed by atoms with Crippen molar-refractivity contribution in [3.05, 3.63) is 64.4 Å². The molecular formula is C22H24N2O3S. The van der Waals surface area contributed by atoms with Gasteiger partial charge in [0.25, 0.3) is 5.56 Å². The number of Topliss-reactive ketones (excluding diaryl/α,β-unsaturated/α-hetero) is 1. The van der Waals surface area contributed by atoms with Crippen molar-refractivity contribution >= 4 is 28.4 Å². The van der Waals surface area contributed by atoms with E-state index in [2.05, 4.69) is 18.8 Å². The molecule has 28 heavy (non-hydrogen) atoms. The zero-order chi connectivity index (χ0) is 20.3. The summed E-state index contributed by atoms with van der Waals surface area (Å²) in [7, 11) is 1.59. The van der Waals surface area contributed by atoms with Crippen LogP contribution in [0.15, 0.2) is 58.5 Å². The highest BCUT2D eigenvalue weighted by Crippen LogP contribution is 2.26. The Kier molecular flexibility index (Phi) is 6.19. The van der Waals surface area contributed by atoms with Crippen molar-refractivity contribution in [2.75, 3.05) is 7.11 Å². The number of aromatic nitrogens is 2. The highest BCUT2D eigenvalue weighted by atomic mass is 32.2. The van der Waals surface area contributed by atoms with E-state index in [0.29, 0.717) is 33.9 Å². The average Bonchev–Trinajstić information content (AvgIpc) is 2.70. The van der Waals surface area contributed by atoms with Crippen LogP contribution in [-0.2, 0) is 6.54 Å². The van der Waals surface area contributed by atoms with Crippen LogP contribution < -0.4 is 10.3 Å². The van der Waals surface area contributed by atoms with E-state index in [9.17, 15) is 9.59 Å². The molecule has 0 spiro atoms. The Morgan fingerprint density at radius 1 is 1.11 bits per heavy atom. The Morgan fingerprint density at radius 3 is 2.43 bits per heavy atom. The third-order valence-electron chi connectivity index (χ3n) is 4.40. The van der Waals surface area contributed by atoms with E-state index in [1.54, 1.807) is 42.0 Å². The first-order chi connectivity index (χ1) is 13.4. The summed E-state index contributed by atoms with van der Waals surface area (Å²) in [5.41, 5.74) is 1.20. The summed E-state index contributed by atoms with van der Waals surface area (Å²) < 4.78 is 6.84. The number of ether oxygens (including phenoxy) is 1. The Hall–Kier alpha value is -2.60. The second-order valence-electron chi connectivity index (χ2n) is 7.07. The van der Waals surface area contributed by atoms with Crippen LogP contribution in [0.2, 0.25) is 0 Å². The second kappa shape index (κ2) is 8.61. The maximum atomic E-state index is 13.0. The predicted octanol–water partition coefficient (Wildman–Crippen LogP) is 4.42. The van der Waals surface area contributed by atoms with E-state index in [1.165, 1.54) is 11.8 Å². The summed E-state index contributed by atoms with van der Waals surface area (Å²) in [6, 6.07) is 14.4. The smallest absolute Gasteiger partial charge is 0.262 e. The number of nitrogens with zero attached hydrogens (tertiary/aromatic N) is 2. The molecule has 1 heterocycles. The lowest BCUT2D eigenvalue weighted by atomic mass is 10.1. The normalized spacial score (nSPS) is 12.3. The van der Waals surface area contributed by atoms with Crippen LogP contribution >= 0.6 is 11.8 Å². The molecule has 0 amide bonds. The number of hydrogen-bond donors (Lipinski definition) is 0. The zero-order valence-corrected chi connectivity index (χ0v) is 17.3. The van der Waals surface area contributed by atoms with E-state index in [0.717, 1.165) is 0 Å². The monoisotopic (exact) mass is 396 g/mol. The van der Waals surface area contributed by atoms with Crippen molar-refractivity contribution in [2.24, 2.45) is 5.92 Å². The van der Waals surface area contributed by atoms with Gasteiger partial charge in [0.05, 0.1) is 23.3 Å². The topological polar surface area (TPSA) is 61.2 Å². The Labute approximate surface area is 168 Å². The minimum atomic E-state index is -0.375. The molecule has 6 heteroatoms. The first-order valence-corrected chi connectivity index (χ1v) is 10.1. The summed E-state index contributed by atoms with van der Waals surface area (Å²) in [5.74, 6) is 0.984. The molecular weight excluding hydrogens is 372 g/mol. The molecule has 0 N–H and O–H groups in total. The molecule has 0 aliphatic carbocycles. The minimum Gasteiger partial charge on any atom is -0.497 e. The van der Waals surface area contributed by atoms with Gasteiger partial charge in [0.2, 0.25) is 0 Å². The van der Waals surface area contributed by atoms with Gasteiger partial charge >= 0.3 is 0 Å². The fourth-order valence-electron chi connectivity index (χ4n) is 2.97. The fourth-order valence-corrected chi connectivity index (χ4v) is 3.96. The molecule has 0 aliphatic rings. The van der Waals surface area contributed by atoms with Crippen LogP contribution in [0.4, 0.5) is 0 Å². The number of rotatable bonds is 7. The first-order valence-electron chi connectivity index (χ1n) is 9.25. The molecule has 0 bridgehead atoms. The van der Waals surface area contributed by atoms with Crippen LogP contribution in [0, 0.1) is 5.92 Å². The summed E-state index contributed by atoms with van der Waals surface area (Å²) in [6.07, 6.45) is 0. The summed E-state index contributed by atoms with van der Waals surface area (Å²) in [6.45, 7) is 6.52. The third-order valence-corrected chi connectivity index (χ3v) is 5.49. The zero-order valence-electron chi connectivity index (χ0n) is 16.5. The second-order valence-corrected chi connectivity index (χ2v) is 8.38. The lowest BCUT2D eigenvalue weighted by Gasteiger charge is -2.17. The number of hydrogen-bond acceptors (Lipinski definition) is 5. The van der Waals surface area contributed by atoms with Gasteiger partial charge in [-0.2, -0.15) is 0 Å². The number of benzene rings is 2. The average molecular weight is 397 g/mol. The number of ketones is 1. The number of fused-ring (bicyclic) bond motifs is 1. The Balaban J connectivity index is 1.95. The van der Waals surface area contributed by atoms with Gasteiger partial charge in [-0.3, -0.25) is 14.2 Å². The number of carbonyl (C=O) groups excluding carboxylic acids is 1. The Bertz CT molecular complexity index is 1040. The van der Waals surface area contributed by atoms with Gasteiger partial charge in [-0.05, 0) is 49.2 Å². The fraction of sp³-hybridized carbons (Fsp3) is 0.318. The van der Waals surface area contributed by atoms with Crippen LogP contribution in [0.3, 0.4) is 0 Å². The quantitative estimate of drug-likeness (QED) is 0.336. The van der Waals surface area contributed by atoms with Gasteiger partial charge in [0.15, 0.2) is 10.9 Å². The molecule has 0 saturated carbocycles. The lowest BCUT2D eigenvalue weighted by Crippen LogP contribution is -2.26. The first kappa shape index (κ1) is 20.1. The van der Waals surface area contributed by atoms with Crippen molar-refractivity contribution in [3.63, 3.8) is 0 Å². The van der Waals surface area contributed by atoms with Gasteiger partial charge in [-0.25, -0.2) is 4.98 Å². The molecule has 3 rings (SSSR count). The largest absolute Gasteiger partial charge is 0.497 e. The van der Waals surface area contributed by atoms with Crippen molar-refractivity contribution < 1.29 is 9.53 Å². The standard InChI is InChI=1S/C22H24N2O3S/c1-14(2)13-24-21(26)18-7-5-6-8-19(18)23-22(24)28-15(3)20(25)16-9-11-17(27-4)12-10-16/h5-12,14-15H,13H2,1-4H3/t15-/m0/s1. The van der Waals surface area contributed by atoms with Crippen LogP contribution in [0.5, 0.6) is 5.75 Å². The molecule has 3 aromatic rings. The van der Waals surface area contributed by atoms with Crippen molar-refractivity contribution in [2.45, 2.75) is 37.7 Å². The maximum absolute atomic E-state index is 13.0. The highest BCUT2D eigenvalue weighted by Gasteiger charge is 2.21. The maximum Gasteiger partial charge on any atom is 0.262 e. The van der Waals surface area contributed by atoms with Crippen LogP contribution in [0.25, 0.3) is 10.9 Å². The molecule has 5 nitrogen and oxygen atoms in total. The molecule has 0 radical (unpaired) electrons. The summed E-state index contributed by atoms with van der Waals surface area (Å²) in [5, 5.41) is 0.799. The number of carbonyl (C=O) groups is 1. The molecule has 0 saturated heterocycles. The van der Waals surface area contributed by atoms with E-state index in [-0.39, 0.29) is 22.5 Å². The lowest BCUT2D eigenvalue weighted by molar-refractivity contribution is 0.0994. The number of thioether (sulfide) groups is 1. The molecule has 2 aromatic carbocycles. The van der Waals surface area contributed by atoms with Crippen LogP contribution in [-0.4, -0.2) is 27.7 Å².